The van der Waals surface area contributed by atoms with Crippen molar-refractivity contribution >= 4 is 21.7 Å². The molecule has 2 heteroatoms. The van der Waals surface area contributed by atoms with E-state index < -0.39 is 0 Å². The van der Waals surface area contributed by atoms with Crippen molar-refractivity contribution in [2.75, 3.05) is 0 Å². The summed E-state index contributed by atoms with van der Waals surface area (Å²) in [5.41, 5.74) is 4.82. The summed E-state index contributed by atoms with van der Waals surface area (Å²) in [6.07, 6.45) is 3.19. The summed E-state index contributed by atoms with van der Waals surface area (Å²) in [6, 6.07) is 12.4. The average molecular weight is 300 g/mol. The van der Waals surface area contributed by atoms with E-state index in [9.17, 15) is 5.26 Å². The number of hydrogen-bond donors (Lipinski definition) is 0. The van der Waals surface area contributed by atoms with Crippen molar-refractivity contribution < 1.29 is 0 Å². The molecule has 1 heterocycles. The van der Waals surface area contributed by atoms with E-state index in [2.05, 4.69) is 58.2 Å². The van der Waals surface area contributed by atoms with Crippen LogP contribution in [-0.4, -0.2) is 4.98 Å². The Hall–Kier alpha value is -2.40. The van der Waals surface area contributed by atoms with Gasteiger partial charge in [0.1, 0.15) is 0 Å². The van der Waals surface area contributed by atoms with Crippen molar-refractivity contribution in [3.8, 4) is 6.07 Å². The Kier molecular flexibility index (Phi) is 2.67. The molecule has 2 nitrogen and oxygen atoms in total. The number of benzene rings is 2. The molecule has 0 unspecified atom stereocenters. The second-order valence-electron chi connectivity index (χ2n) is 7.97. The van der Waals surface area contributed by atoms with Gasteiger partial charge in [-0.15, -0.1) is 0 Å². The fourth-order valence-electron chi connectivity index (χ4n) is 4.65. The SMILES string of the molecule is CC1(C)CC(C)(C)c2c1cnc1c2ccc2c(C#N)cccc21. The van der Waals surface area contributed by atoms with Crippen LogP contribution in [-0.2, 0) is 10.8 Å². The molecule has 1 aliphatic carbocycles. The lowest BCUT2D eigenvalue weighted by Gasteiger charge is -2.23. The largest absolute Gasteiger partial charge is 0.255 e. The Morgan fingerprint density at radius 1 is 0.957 bits per heavy atom. The van der Waals surface area contributed by atoms with E-state index >= 15 is 0 Å². The number of nitrogens with zero attached hydrogens (tertiary/aromatic N) is 2. The molecule has 0 atom stereocenters. The summed E-state index contributed by atoms with van der Waals surface area (Å²) in [5, 5.41) is 12.6. The van der Waals surface area contributed by atoms with Gasteiger partial charge in [-0.1, -0.05) is 52.0 Å². The highest BCUT2D eigenvalue weighted by Gasteiger charge is 2.43. The molecule has 3 aromatic rings. The molecule has 0 spiro atoms. The van der Waals surface area contributed by atoms with Gasteiger partial charge in [-0.3, -0.25) is 4.98 Å². The van der Waals surface area contributed by atoms with Gasteiger partial charge in [0.15, 0.2) is 0 Å². The Morgan fingerprint density at radius 3 is 2.43 bits per heavy atom. The third kappa shape index (κ3) is 1.83. The lowest BCUT2D eigenvalue weighted by atomic mass is 9.81. The van der Waals surface area contributed by atoms with Crippen molar-refractivity contribution in [1.82, 2.24) is 4.98 Å². The zero-order valence-corrected chi connectivity index (χ0v) is 14.1. The van der Waals surface area contributed by atoms with Crippen LogP contribution in [0.5, 0.6) is 0 Å². The molecule has 0 amide bonds. The molecular weight excluding hydrogens is 280 g/mol. The predicted molar refractivity (Wildman–Crippen MR) is 94.6 cm³/mol. The quantitative estimate of drug-likeness (QED) is 0.534. The second kappa shape index (κ2) is 4.32. The van der Waals surface area contributed by atoms with Crippen molar-refractivity contribution in [2.45, 2.75) is 44.9 Å². The van der Waals surface area contributed by atoms with E-state index in [0.717, 1.165) is 22.7 Å². The summed E-state index contributed by atoms with van der Waals surface area (Å²) in [4.78, 5) is 4.81. The Balaban J connectivity index is 2.18. The first kappa shape index (κ1) is 14.2. The van der Waals surface area contributed by atoms with Crippen LogP contribution < -0.4 is 0 Å². The highest BCUT2D eigenvalue weighted by Crippen LogP contribution is 2.51. The van der Waals surface area contributed by atoms with E-state index in [-0.39, 0.29) is 10.8 Å². The molecule has 0 saturated carbocycles. The maximum atomic E-state index is 9.34. The molecule has 114 valence electrons. The highest BCUT2D eigenvalue weighted by atomic mass is 14.7. The maximum Gasteiger partial charge on any atom is 0.0998 e. The summed E-state index contributed by atoms with van der Waals surface area (Å²) < 4.78 is 0. The average Bonchev–Trinajstić information content (AvgIpc) is 2.71. The van der Waals surface area contributed by atoms with E-state index in [1.54, 1.807) is 0 Å². The van der Waals surface area contributed by atoms with Gasteiger partial charge in [-0.25, -0.2) is 0 Å². The second-order valence-corrected chi connectivity index (χ2v) is 7.97. The van der Waals surface area contributed by atoms with Gasteiger partial charge >= 0.3 is 0 Å². The molecule has 0 aliphatic heterocycles. The molecular formula is C21H20N2. The molecule has 4 rings (SSSR count). The number of aromatic nitrogens is 1. The zero-order valence-electron chi connectivity index (χ0n) is 14.1. The molecule has 0 fully saturated rings. The number of nitriles is 1. The first-order valence-corrected chi connectivity index (χ1v) is 8.11. The van der Waals surface area contributed by atoms with Gasteiger partial charge in [0.2, 0.25) is 0 Å². The topological polar surface area (TPSA) is 36.7 Å². The number of rotatable bonds is 0. The first-order chi connectivity index (χ1) is 10.8. The molecule has 0 saturated heterocycles. The third-order valence-electron chi connectivity index (χ3n) is 5.30. The van der Waals surface area contributed by atoms with Crippen LogP contribution in [0.3, 0.4) is 0 Å². The van der Waals surface area contributed by atoms with Crippen LogP contribution >= 0.6 is 0 Å². The summed E-state index contributed by atoms with van der Waals surface area (Å²) in [6.45, 7) is 9.28. The maximum absolute atomic E-state index is 9.34. The molecule has 1 aliphatic rings. The predicted octanol–water partition coefficient (Wildman–Crippen LogP) is 5.22. The van der Waals surface area contributed by atoms with Crippen LogP contribution in [0.1, 0.15) is 50.8 Å². The van der Waals surface area contributed by atoms with E-state index in [1.165, 1.54) is 16.5 Å². The minimum absolute atomic E-state index is 0.139. The third-order valence-corrected chi connectivity index (χ3v) is 5.30. The minimum atomic E-state index is 0.139. The summed E-state index contributed by atoms with van der Waals surface area (Å²) in [7, 11) is 0. The normalized spacial score (nSPS) is 18.0. The number of pyridine rings is 1. The molecule has 0 bridgehead atoms. The lowest BCUT2D eigenvalue weighted by Crippen LogP contribution is -2.18. The standard InChI is InChI=1S/C21H20N2/c1-20(2)12-21(3,4)18-16-9-8-14-13(10-22)6-5-7-15(14)19(16)23-11-17(18)20/h5-9,11H,12H2,1-4H3. The Labute approximate surface area is 136 Å². The summed E-state index contributed by atoms with van der Waals surface area (Å²) in [5.74, 6) is 0. The van der Waals surface area contributed by atoms with Crippen LogP contribution in [0.25, 0.3) is 21.7 Å². The number of fused-ring (bicyclic) bond motifs is 5. The summed E-state index contributed by atoms with van der Waals surface area (Å²) >= 11 is 0. The van der Waals surface area contributed by atoms with Gasteiger partial charge in [0.05, 0.1) is 17.1 Å². The van der Waals surface area contributed by atoms with Crippen LogP contribution in [0.2, 0.25) is 0 Å². The van der Waals surface area contributed by atoms with E-state index in [4.69, 9.17) is 4.98 Å². The van der Waals surface area contributed by atoms with Crippen LogP contribution in [0.15, 0.2) is 36.5 Å². The molecule has 0 N–H and O–H groups in total. The molecule has 2 aromatic carbocycles. The lowest BCUT2D eigenvalue weighted by molar-refractivity contribution is 0.404. The van der Waals surface area contributed by atoms with Gasteiger partial charge in [0, 0.05) is 22.4 Å². The molecule has 1 aromatic heterocycles. The van der Waals surface area contributed by atoms with Crippen LogP contribution in [0, 0.1) is 11.3 Å². The fourth-order valence-corrected chi connectivity index (χ4v) is 4.65. The zero-order chi connectivity index (χ0) is 16.4. The number of hydrogen-bond acceptors (Lipinski definition) is 2. The Morgan fingerprint density at radius 2 is 1.70 bits per heavy atom. The molecule has 0 radical (unpaired) electrons. The monoisotopic (exact) mass is 300 g/mol. The Bertz CT molecular complexity index is 1000. The van der Waals surface area contributed by atoms with E-state index in [1.807, 2.05) is 12.1 Å². The van der Waals surface area contributed by atoms with Crippen molar-refractivity contribution in [1.29, 1.82) is 5.26 Å². The fraction of sp³-hybridized carbons (Fsp3) is 0.333. The van der Waals surface area contributed by atoms with Crippen molar-refractivity contribution in [3.05, 3.63) is 53.2 Å². The molecule has 23 heavy (non-hydrogen) atoms. The van der Waals surface area contributed by atoms with Gasteiger partial charge in [-0.05, 0) is 34.4 Å². The smallest absolute Gasteiger partial charge is 0.0998 e. The van der Waals surface area contributed by atoms with Gasteiger partial charge < -0.3 is 0 Å². The van der Waals surface area contributed by atoms with Crippen molar-refractivity contribution in [2.24, 2.45) is 0 Å². The first-order valence-electron chi connectivity index (χ1n) is 8.11. The van der Waals surface area contributed by atoms with Gasteiger partial charge in [-0.2, -0.15) is 5.26 Å². The van der Waals surface area contributed by atoms with E-state index in [0.29, 0.717) is 5.56 Å². The van der Waals surface area contributed by atoms with Crippen LogP contribution in [0.4, 0.5) is 0 Å². The minimum Gasteiger partial charge on any atom is -0.255 e. The van der Waals surface area contributed by atoms with Crippen molar-refractivity contribution in [3.63, 3.8) is 0 Å². The highest BCUT2D eigenvalue weighted by molar-refractivity contribution is 6.08. The van der Waals surface area contributed by atoms with Gasteiger partial charge in [0.25, 0.3) is 0 Å².